The summed E-state index contributed by atoms with van der Waals surface area (Å²) in [5.41, 5.74) is -0.450. The molecule has 0 aliphatic heterocycles. The van der Waals surface area contributed by atoms with Gasteiger partial charge in [0, 0.05) is 19.0 Å². The van der Waals surface area contributed by atoms with Gasteiger partial charge < -0.3 is 5.11 Å². The van der Waals surface area contributed by atoms with E-state index in [9.17, 15) is 23.3 Å². The zero-order valence-electron chi connectivity index (χ0n) is 12.6. The van der Waals surface area contributed by atoms with E-state index in [0.29, 0.717) is 12.8 Å². The molecule has 0 bridgehead atoms. The molecular formula is C14H20N2O6S. The molecule has 23 heavy (non-hydrogen) atoms. The summed E-state index contributed by atoms with van der Waals surface area (Å²) in [6.07, 6.45) is 3.71. The van der Waals surface area contributed by atoms with E-state index in [0.717, 1.165) is 25.3 Å². The van der Waals surface area contributed by atoms with Crippen LogP contribution in [0.3, 0.4) is 0 Å². The third kappa shape index (κ3) is 6.74. The van der Waals surface area contributed by atoms with Crippen molar-refractivity contribution < 1.29 is 23.2 Å². The quantitative estimate of drug-likeness (QED) is 0.360. The van der Waals surface area contributed by atoms with Crippen LogP contribution in [0.25, 0.3) is 0 Å². The molecule has 0 spiro atoms. The summed E-state index contributed by atoms with van der Waals surface area (Å²) in [5.74, 6) is -0.817. The predicted molar refractivity (Wildman–Crippen MR) is 83.6 cm³/mol. The fourth-order valence-corrected chi connectivity index (χ4v) is 3.30. The van der Waals surface area contributed by atoms with Crippen LogP contribution in [0.4, 0.5) is 5.69 Å². The number of nitrogens with zero attached hydrogens (tertiary/aromatic N) is 1. The van der Waals surface area contributed by atoms with Gasteiger partial charge in [-0.2, -0.15) is 0 Å². The lowest BCUT2D eigenvalue weighted by Crippen LogP contribution is -2.25. The van der Waals surface area contributed by atoms with E-state index < -0.39 is 26.6 Å². The van der Waals surface area contributed by atoms with Crippen molar-refractivity contribution in [3.8, 4) is 0 Å². The van der Waals surface area contributed by atoms with E-state index in [2.05, 4.69) is 4.72 Å². The minimum Gasteiger partial charge on any atom is -0.481 e. The van der Waals surface area contributed by atoms with Crippen molar-refractivity contribution in [2.45, 2.75) is 43.4 Å². The Morgan fingerprint density at radius 1 is 1.13 bits per heavy atom. The lowest BCUT2D eigenvalue weighted by molar-refractivity contribution is -0.387. The first kappa shape index (κ1) is 19.0. The minimum absolute atomic E-state index is 0.143. The first-order chi connectivity index (χ1) is 10.8. The van der Waals surface area contributed by atoms with E-state index in [1.165, 1.54) is 18.2 Å². The molecule has 0 fully saturated rings. The Balaban J connectivity index is 2.40. The topological polar surface area (TPSA) is 127 Å². The van der Waals surface area contributed by atoms with Crippen molar-refractivity contribution in [3.05, 3.63) is 34.4 Å². The zero-order valence-corrected chi connectivity index (χ0v) is 13.4. The maximum absolute atomic E-state index is 12.1. The highest BCUT2D eigenvalue weighted by atomic mass is 32.2. The van der Waals surface area contributed by atoms with Gasteiger partial charge in [-0.1, -0.05) is 31.4 Å². The molecule has 1 aromatic rings. The number of rotatable bonds is 11. The fourth-order valence-electron chi connectivity index (χ4n) is 2.05. The van der Waals surface area contributed by atoms with Gasteiger partial charge in [0.1, 0.15) is 0 Å². The van der Waals surface area contributed by atoms with Gasteiger partial charge in [0.15, 0.2) is 4.90 Å². The van der Waals surface area contributed by atoms with Crippen LogP contribution in [-0.4, -0.2) is 31.0 Å². The predicted octanol–water partition coefficient (Wildman–Crippen LogP) is 2.30. The Labute approximate surface area is 134 Å². The van der Waals surface area contributed by atoms with Crippen molar-refractivity contribution in [2.24, 2.45) is 0 Å². The molecular weight excluding hydrogens is 324 g/mol. The molecule has 1 aromatic carbocycles. The Kier molecular flexibility index (Phi) is 7.63. The Hall–Kier alpha value is -2.00. The summed E-state index contributed by atoms with van der Waals surface area (Å²) in [7, 11) is -3.91. The average Bonchev–Trinajstić information content (AvgIpc) is 2.49. The SMILES string of the molecule is O=C(O)CCCCCCCNS(=O)(=O)c1ccccc1[N+](=O)[O-]. The van der Waals surface area contributed by atoms with Gasteiger partial charge in [-0.25, -0.2) is 13.1 Å². The van der Waals surface area contributed by atoms with Crippen LogP contribution < -0.4 is 4.72 Å². The second kappa shape index (κ2) is 9.21. The largest absolute Gasteiger partial charge is 0.481 e. The fraction of sp³-hybridized carbons (Fsp3) is 0.500. The maximum Gasteiger partial charge on any atom is 0.303 e. The summed E-state index contributed by atoms with van der Waals surface area (Å²) in [5, 5.41) is 19.4. The number of nitrogens with one attached hydrogen (secondary N) is 1. The van der Waals surface area contributed by atoms with E-state index in [-0.39, 0.29) is 17.9 Å². The summed E-state index contributed by atoms with van der Waals surface area (Å²) in [6, 6.07) is 5.20. The number of sulfonamides is 1. The highest BCUT2D eigenvalue weighted by Crippen LogP contribution is 2.22. The summed E-state index contributed by atoms with van der Waals surface area (Å²) in [6.45, 7) is 0.188. The summed E-state index contributed by atoms with van der Waals surface area (Å²) in [4.78, 5) is 20.1. The normalized spacial score (nSPS) is 11.3. The molecule has 0 atom stereocenters. The van der Waals surface area contributed by atoms with E-state index in [4.69, 9.17) is 5.11 Å². The zero-order chi connectivity index (χ0) is 17.3. The molecule has 1 rings (SSSR count). The first-order valence-electron chi connectivity index (χ1n) is 7.29. The molecule has 8 nitrogen and oxygen atoms in total. The summed E-state index contributed by atoms with van der Waals surface area (Å²) < 4.78 is 26.5. The van der Waals surface area contributed by atoms with Gasteiger partial charge in [0.05, 0.1) is 4.92 Å². The summed E-state index contributed by atoms with van der Waals surface area (Å²) >= 11 is 0. The standard InChI is InChI=1S/C14H20N2O6S/c17-14(18)10-4-2-1-3-7-11-15-23(21,22)13-9-6-5-8-12(13)16(19)20/h5-6,8-9,15H,1-4,7,10-11H2,(H,17,18). The number of aliphatic carboxylic acids is 1. The number of nitro benzene ring substituents is 1. The average molecular weight is 344 g/mol. The lowest BCUT2D eigenvalue weighted by atomic mass is 10.1. The number of unbranched alkanes of at least 4 members (excludes halogenated alkanes) is 4. The molecule has 128 valence electrons. The molecule has 0 heterocycles. The van der Waals surface area contributed by atoms with Crippen LogP contribution in [0, 0.1) is 10.1 Å². The molecule has 0 saturated carbocycles. The van der Waals surface area contributed by atoms with Crippen LogP contribution >= 0.6 is 0 Å². The monoisotopic (exact) mass is 344 g/mol. The molecule has 9 heteroatoms. The molecule has 0 saturated heterocycles. The lowest BCUT2D eigenvalue weighted by Gasteiger charge is -2.07. The maximum atomic E-state index is 12.1. The third-order valence-electron chi connectivity index (χ3n) is 3.21. The van der Waals surface area contributed by atoms with E-state index >= 15 is 0 Å². The number of hydrogen-bond donors (Lipinski definition) is 2. The highest BCUT2D eigenvalue weighted by molar-refractivity contribution is 7.89. The van der Waals surface area contributed by atoms with Crippen LogP contribution in [-0.2, 0) is 14.8 Å². The molecule has 0 unspecified atom stereocenters. The van der Waals surface area contributed by atoms with E-state index in [1.807, 2.05) is 0 Å². The van der Waals surface area contributed by atoms with Gasteiger partial charge in [0.25, 0.3) is 5.69 Å². The highest BCUT2D eigenvalue weighted by Gasteiger charge is 2.24. The molecule has 2 N–H and O–H groups in total. The molecule has 0 aliphatic carbocycles. The molecule has 0 radical (unpaired) electrons. The van der Waals surface area contributed by atoms with Crippen LogP contribution in [0.2, 0.25) is 0 Å². The molecule has 0 aliphatic rings. The third-order valence-corrected chi connectivity index (χ3v) is 4.72. The van der Waals surface area contributed by atoms with Crippen LogP contribution in [0.1, 0.15) is 38.5 Å². The Morgan fingerprint density at radius 2 is 1.74 bits per heavy atom. The van der Waals surface area contributed by atoms with Crippen molar-refractivity contribution in [2.75, 3.05) is 6.54 Å². The van der Waals surface area contributed by atoms with Gasteiger partial charge in [-0.05, 0) is 18.9 Å². The van der Waals surface area contributed by atoms with Crippen molar-refractivity contribution in [1.29, 1.82) is 0 Å². The van der Waals surface area contributed by atoms with Crippen molar-refractivity contribution >= 4 is 21.7 Å². The number of carboxylic acid groups (broad SMARTS) is 1. The van der Waals surface area contributed by atoms with E-state index in [1.54, 1.807) is 0 Å². The van der Waals surface area contributed by atoms with Gasteiger partial charge >= 0.3 is 5.97 Å². The smallest absolute Gasteiger partial charge is 0.303 e. The number of carboxylic acids is 1. The Morgan fingerprint density at radius 3 is 2.39 bits per heavy atom. The first-order valence-corrected chi connectivity index (χ1v) is 8.78. The van der Waals surface area contributed by atoms with Crippen LogP contribution in [0.15, 0.2) is 29.2 Å². The second-order valence-electron chi connectivity index (χ2n) is 5.03. The van der Waals surface area contributed by atoms with Gasteiger partial charge in [0.2, 0.25) is 10.0 Å². The van der Waals surface area contributed by atoms with Gasteiger partial charge in [-0.15, -0.1) is 0 Å². The Bertz CT molecular complexity index is 644. The number of nitro groups is 1. The molecule has 0 aromatic heterocycles. The number of carbonyl (C=O) groups is 1. The second-order valence-corrected chi connectivity index (χ2v) is 6.77. The van der Waals surface area contributed by atoms with Gasteiger partial charge in [-0.3, -0.25) is 14.9 Å². The number of hydrogen-bond acceptors (Lipinski definition) is 5. The number of para-hydroxylation sites is 1. The minimum atomic E-state index is -3.91. The van der Waals surface area contributed by atoms with Crippen molar-refractivity contribution in [1.82, 2.24) is 4.72 Å². The molecule has 0 amide bonds. The van der Waals surface area contributed by atoms with Crippen LogP contribution in [0.5, 0.6) is 0 Å². The number of benzene rings is 1. The van der Waals surface area contributed by atoms with Crippen molar-refractivity contribution in [3.63, 3.8) is 0 Å².